The summed E-state index contributed by atoms with van der Waals surface area (Å²) in [7, 11) is 0. The van der Waals surface area contributed by atoms with E-state index in [9.17, 15) is 0 Å². The van der Waals surface area contributed by atoms with Gasteiger partial charge in [-0.25, -0.2) is 9.97 Å². The van der Waals surface area contributed by atoms with Crippen molar-refractivity contribution in [3.8, 4) is 67.3 Å². The van der Waals surface area contributed by atoms with Crippen LogP contribution in [0, 0.1) is 0 Å². The number of hydrogen-bond acceptors (Lipinski definition) is 3. The van der Waals surface area contributed by atoms with Crippen LogP contribution < -0.4 is 0 Å². The van der Waals surface area contributed by atoms with Gasteiger partial charge in [-0.05, 0) is 69.8 Å². The van der Waals surface area contributed by atoms with Gasteiger partial charge in [0.05, 0.1) is 11.4 Å². The molecule has 230 valence electrons. The molecule has 9 rings (SSSR count). The first-order chi connectivity index (χ1) is 24.3. The molecule has 2 heterocycles. The molecule has 0 N–H and O–H groups in total. The topological polar surface area (TPSA) is 25.8 Å². The summed E-state index contributed by atoms with van der Waals surface area (Å²) in [4.78, 5) is 10.3. The van der Waals surface area contributed by atoms with E-state index < -0.39 is 0 Å². The van der Waals surface area contributed by atoms with Crippen LogP contribution in [0.5, 0.6) is 0 Å². The number of benzene rings is 7. The molecule has 2 aromatic heterocycles. The fraction of sp³-hybridized carbons (Fsp3) is 0. The van der Waals surface area contributed by atoms with Gasteiger partial charge in [-0.3, -0.25) is 0 Å². The maximum atomic E-state index is 5.16. The van der Waals surface area contributed by atoms with E-state index >= 15 is 0 Å². The molecule has 3 heteroatoms. The van der Waals surface area contributed by atoms with Crippen molar-refractivity contribution >= 4 is 31.5 Å². The van der Waals surface area contributed by atoms with Gasteiger partial charge in [0.15, 0.2) is 5.82 Å². The summed E-state index contributed by atoms with van der Waals surface area (Å²) in [5.41, 5.74) is 12.3. The van der Waals surface area contributed by atoms with Crippen LogP contribution in [0.25, 0.3) is 87.5 Å². The first kappa shape index (κ1) is 29.0. The van der Waals surface area contributed by atoms with Crippen molar-refractivity contribution in [2.45, 2.75) is 0 Å². The normalized spacial score (nSPS) is 11.3. The zero-order valence-corrected chi connectivity index (χ0v) is 27.4. The fourth-order valence-electron chi connectivity index (χ4n) is 6.62. The van der Waals surface area contributed by atoms with E-state index in [2.05, 4.69) is 170 Å². The molecule has 0 aliphatic rings. The molecular weight excluding hydrogens is 613 g/mol. The number of rotatable bonds is 6. The average Bonchev–Trinajstić information content (AvgIpc) is 3.57. The second kappa shape index (κ2) is 12.5. The van der Waals surface area contributed by atoms with E-state index in [1.54, 1.807) is 0 Å². The Hall–Kier alpha value is -6.16. The van der Waals surface area contributed by atoms with Crippen LogP contribution in [0.1, 0.15) is 0 Å². The molecule has 0 atom stereocenters. The van der Waals surface area contributed by atoms with Gasteiger partial charge in [0.2, 0.25) is 0 Å². The predicted octanol–water partition coefficient (Wildman–Crippen LogP) is 12.8. The van der Waals surface area contributed by atoms with Crippen molar-refractivity contribution in [3.05, 3.63) is 182 Å². The fourth-order valence-corrected chi connectivity index (χ4v) is 7.88. The third kappa shape index (κ3) is 5.61. The highest BCUT2D eigenvalue weighted by molar-refractivity contribution is 7.26. The van der Waals surface area contributed by atoms with E-state index in [1.807, 2.05) is 23.5 Å². The largest absolute Gasteiger partial charge is 0.228 e. The Kier molecular flexibility index (Phi) is 7.38. The minimum Gasteiger partial charge on any atom is -0.228 e. The van der Waals surface area contributed by atoms with Crippen molar-refractivity contribution in [2.75, 3.05) is 0 Å². The van der Waals surface area contributed by atoms with Gasteiger partial charge in [-0.2, -0.15) is 0 Å². The molecule has 2 nitrogen and oxygen atoms in total. The van der Waals surface area contributed by atoms with Crippen molar-refractivity contribution in [1.29, 1.82) is 0 Å². The second-order valence-corrected chi connectivity index (χ2v) is 13.3. The lowest BCUT2D eigenvalue weighted by Gasteiger charge is -2.11. The van der Waals surface area contributed by atoms with Gasteiger partial charge >= 0.3 is 0 Å². The number of nitrogens with zero attached hydrogens (tertiary/aromatic N) is 2. The van der Waals surface area contributed by atoms with E-state index in [0.717, 1.165) is 33.9 Å². The third-order valence-corrected chi connectivity index (χ3v) is 10.3. The molecule has 0 saturated carbocycles. The molecule has 0 unspecified atom stereocenters. The van der Waals surface area contributed by atoms with Crippen LogP contribution in [-0.4, -0.2) is 9.97 Å². The Morgan fingerprint density at radius 1 is 0.327 bits per heavy atom. The Morgan fingerprint density at radius 2 is 0.816 bits per heavy atom. The number of thiophene rings is 1. The SMILES string of the molecule is c1ccc(-c2cc(-c3ccccc3)cc(-c3ccc4c(c3)sc3c(-c5nc(-c6ccccc6)cc(-c6ccccc6)n5)cccc34)c2)cc1. The molecule has 9 aromatic rings. The van der Waals surface area contributed by atoms with Crippen molar-refractivity contribution < 1.29 is 0 Å². The van der Waals surface area contributed by atoms with Crippen LogP contribution in [0.15, 0.2) is 182 Å². The first-order valence-electron chi connectivity index (χ1n) is 16.5. The molecule has 0 aliphatic carbocycles. The average molecular weight is 643 g/mol. The van der Waals surface area contributed by atoms with Crippen LogP contribution in [0.4, 0.5) is 0 Å². The van der Waals surface area contributed by atoms with Crippen LogP contribution >= 0.6 is 11.3 Å². The van der Waals surface area contributed by atoms with Crippen LogP contribution in [-0.2, 0) is 0 Å². The number of fused-ring (bicyclic) bond motifs is 3. The summed E-state index contributed by atoms with van der Waals surface area (Å²) in [6, 6.07) is 64.5. The molecule has 7 aromatic carbocycles. The quantitative estimate of drug-likeness (QED) is 0.180. The minimum atomic E-state index is 0.737. The molecule has 49 heavy (non-hydrogen) atoms. The predicted molar refractivity (Wildman–Crippen MR) is 208 cm³/mol. The maximum absolute atomic E-state index is 5.16. The van der Waals surface area contributed by atoms with Gasteiger partial charge in [-0.1, -0.05) is 146 Å². The van der Waals surface area contributed by atoms with Crippen molar-refractivity contribution in [1.82, 2.24) is 9.97 Å². The second-order valence-electron chi connectivity index (χ2n) is 12.2. The van der Waals surface area contributed by atoms with Gasteiger partial charge in [0, 0.05) is 36.9 Å². The molecule has 0 amide bonds. The van der Waals surface area contributed by atoms with Gasteiger partial charge in [0.1, 0.15) is 0 Å². The summed E-state index contributed by atoms with van der Waals surface area (Å²) in [6.45, 7) is 0. The van der Waals surface area contributed by atoms with Gasteiger partial charge in [-0.15, -0.1) is 11.3 Å². The monoisotopic (exact) mass is 642 g/mol. The van der Waals surface area contributed by atoms with E-state index in [-0.39, 0.29) is 0 Å². The minimum absolute atomic E-state index is 0.737. The van der Waals surface area contributed by atoms with Gasteiger partial charge in [0.25, 0.3) is 0 Å². The molecule has 0 aliphatic heterocycles. The molecule has 0 radical (unpaired) electrons. The molecule has 0 saturated heterocycles. The highest BCUT2D eigenvalue weighted by Gasteiger charge is 2.16. The highest BCUT2D eigenvalue weighted by atomic mass is 32.1. The zero-order chi connectivity index (χ0) is 32.6. The van der Waals surface area contributed by atoms with E-state index in [1.165, 1.54) is 53.6 Å². The van der Waals surface area contributed by atoms with Crippen molar-refractivity contribution in [2.24, 2.45) is 0 Å². The van der Waals surface area contributed by atoms with Gasteiger partial charge < -0.3 is 0 Å². The molecular formula is C46H30N2S. The number of hydrogen-bond donors (Lipinski definition) is 0. The summed E-state index contributed by atoms with van der Waals surface area (Å²) in [6.07, 6.45) is 0. The number of aromatic nitrogens is 2. The Labute approximate surface area is 289 Å². The third-order valence-electron chi connectivity index (χ3n) is 9.09. The van der Waals surface area contributed by atoms with E-state index in [4.69, 9.17) is 9.97 Å². The summed E-state index contributed by atoms with van der Waals surface area (Å²) >= 11 is 1.82. The van der Waals surface area contributed by atoms with E-state index in [0.29, 0.717) is 0 Å². The lowest BCUT2D eigenvalue weighted by atomic mass is 9.93. The highest BCUT2D eigenvalue weighted by Crippen LogP contribution is 2.42. The zero-order valence-electron chi connectivity index (χ0n) is 26.6. The van der Waals surface area contributed by atoms with Crippen molar-refractivity contribution in [3.63, 3.8) is 0 Å². The Balaban J connectivity index is 1.20. The van der Waals surface area contributed by atoms with Crippen LogP contribution in [0.2, 0.25) is 0 Å². The summed E-state index contributed by atoms with van der Waals surface area (Å²) < 4.78 is 2.44. The first-order valence-corrected chi connectivity index (χ1v) is 17.3. The lowest BCUT2D eigenvalue weighted by molar-refractivity contribution is 1.19. The molecule has 0 spiro atoms. The smallest absolute Gasteiger partial charge is 0.161 e. The lowest BCUT2D eigenvalue weighted by Crippen LogP contribution is -1.96. The van der Waals surface area contributed by atoms with Crippen LogP contribution in [0.3, 0.4) is 0 Å². The molecule has 0 bridgehead atoms. The maximum Gasteiger partial charge on any atom is 0.161 e. The molecule has 0 fully saturated rings. The standard InChI is InChI=1S/C46H30N2S/c1-5-14-31(15-6-1)36-26-37(32-16-7-2-8-17-32)28-38(27-36)35-24-25-39-40-22-13-23-41(45(40)49-44(39)29-35)46-47-42(33-18-9-3-10-19-33)30-43(48-46)34-20-11-4-12-21-34/h1-30H. The Morgan fingerprint density at radius 3 is 1.35 bits per heavy atom. The summed E-state index contributed by atoms with van der Waals surface area (Å²) in [5, 5.41) is 2.47. The summed E-state index contributed by atoms with van der Waals surface area (Å²) in [5.74, 6) is 0.737. The Bertz CT molecular complexity index is 2460.